The summed E-state index contributed by atoms with van der Waals surface area (Å²) in [7, 11) is 0. The van der Waals surface area contributed by atoms with Gasteiger partial charge in [-0.1, -0.05) is 0 Å². The van der Waals surface area contributed by atoms with Crippen LogP contribution in [0.1, 0.15) is 18.7 Å². The molecule has 0 unspecified atom stereocenters. The summed E-state index contributed by atoms with van der Waals surface area (Å²) in [6, 6.07) is 0. The van der Waals surface area contributed by atoms with Crippen LogP contribution in [-0.2, 0) is 17.6 Å². The van der Waals surface area contributed by atoms with Crippen LogP contribution in [0.4, 0.5) is 0 Å². The van der Waals surface area contributed by atoms with Crippen molar-refractivity contribution in [3.63, 3.8) is 0 Å². The lowest BCUT2D eigenvalue weighted by Crippen LogP contribution is -1.97. The average molecular weight is 205 g/mol. The lowest BCUT2D eigenvalue weighted by atomic mass is 10.4. The lowest BCUT2D eigenvalue weighted by molar-refractivity contribution is 0.145. The van der Waals surface area contributed by atoms with E-state index in [-0.39, 0.29) is 0 Å². The molecule has 4 nitrogen and oxygen atoms in total. The molecular formula is C8H13ClN2O2. The molecule has 1 heterocycles. The predicted molar refractivity (Wildman–Crippen MR) is 48.9 cm³/mol. The van der Waals surface area contributed by atoms with Crippen LogP contribution in [0.15, 0.2) is 4.42 Å². The van der Waals surface area contributed by atoms with Crippen molar-refractivity contribution in [1.82, 2.24) is 10.2 Å². The summed E-state index contributed by atoms with van der Waals surface area (Å²) < 4.78 is 10.4. The first-order valence-electron chi connectivity index (χ1n) is 4.31. The van der Waals surface area contributed by atoms with E-state index in [1.54, 1.807) is 0 Å². The minimum Gasteiger partial charge on any atom is -0.425 e. The van der Waals surface area contributed by atoms with Crippen LogP contribution in [-0.4, -0.2) is 29.3 Å². The maximum atomic E-state index is 5.52. The molecule has 74 valence electrons. The van der Waals surface area contributed by atoms with Gasteiger partial charge < -0.3 is 9.15 Å². The van der Waals surface area contributed by atoms with Gasteiger partial charge in [0.05, 0.1) is 6.61 Å². The number of alkyl halides is 1. The Bertz CT molecular complexity index is 240. The van der Waals surface area contributed by atoms with Gasteiger partial charge in [0.25, 0.3) is 0 Å². The normalized spacial score (nSPS) is 10.6. The molecule has 5 heteroatoms. The van der Waals surface area contributed by atoms with Gasteiger partial charge in [0.1, 0.15) is 0 Å². The Labute approximate surface area is 82.2 Å². The van der Waals surface area contributed by atoms with Crippen molar-refractivity contribution < 1.29 is 9.15 Å². The molecule has 1 aromatic rings. The van der Waals surface area contributed by atoms with Gasteiger partial charge in [-0.25, -0.2) is 0 Å². The third-order valence-corrected chi connectivity index (χ3v) is 1.67. The fraction of sp³-hybridized carbons (Fsp3) is 0.750. The SMILES string of the molecule is CCOCCc1nnc(CCCl)o1. The predicted octanol–water partition coefficient (Wildman–Crippen LogP) is 1.43. The van der Waals surface area contributed by atoms with E-state index in [4.69, 9.17) is 20.8 Å². The zero-order valence-corrected chi connectivity index (χ0v) is 8.38. The first kappa shape index (κ1) is 10.5. The zero-order valence-electron chi connectivity index (χ0n) is 7.62. The van der Waals surface area contributed by atoms with E-state index in [0.29, 0.717) is 43.7 Å². The Balaban J connectivity index is 2.31. The Hall–Kier alpha value is -0.610. The molecular weight excluding hydrogens is 192 g/mol. The number of aromatic nitrogens is 2. The van der Waals surface area contributed by atoms with Crippen LogP contribution in [0.5, 0.6) is 0 Å². The molecule has 0 aliphatic rings. The molecule has 0 atom stereocenters. The second-order valence-electron chi connectivity index (χ2n) is 2.48. The molecule has 0 aliphatic heterocycles. The van der Waals surface area contributed by atoms with Gasteiger partial charge >= 0.3 is 0 Å². The van der Waals surface area contributed by atoms with Gasteiger partial charge in [0, 0.05) is 25.3 Å². The van der Waals surface area contributed by atoms with Crippen LogP contribution in [0.25, 0.3) is 0 Å². The second kappa shape index (κ2) is 5.94. The molecule has 0 amide bonds. The highest BCUT2D eigenvalue weighted by Gasteiger charge is 2.04. The van der Waals surface area contributed by atoms with E-state index >= 15 is 0 Å². The number of nitrogens with zero attached hydrogens (tertiary/aromatic N) is 2. The Morgan fingerprint density at radius 3 is 2.62 bits per heavy atom. The van der Waals surface area contributed by atoms with Gasteiger partial charge in [-0.05, 0) is 6.92 Å². The van der Waals surface area contributed by atoms with Gasteiger partial charge in [-0.2, -0.15) is 0 Å². The maximum absolute atomic E-state index is 5.52. The van der Waals surface area contributed by atoms with Gasteiger partial charge in [0.2, 0.25) is 11.8 Å². The molecule has 0 saturated carbocycles. The molecule has 13 heavy (non-hydrogen) atoms. The minimum atomic E-state index is 0.507. The van der Waals surface area contributed by atoms with Crippen LogP contribution in [0, 0.1) is 0 Å². The summed E-state index contributed by atoms with van der Waals surface area (Å²) in [6.07, 6.45) is 1.30. The number of ether oxygens (including phenoxy) is 1. The van der Waals surface area contributed by atoms with Gasteiger partial charge in [-0.3, -0.25) is 0 Å². The van der Waals surface area contributed by atoms with E-state index in [1.807, 2.05) is 6.92 Å². The number of halogens is 1. The standard InChI is InChI=1S/C8H13ClN2O2/c1-2-12-6-4-8-11-10-7(13-8)3-5-9/h2-6H2,1H3. The molecule has 1 rings (SSSR count). The van der Waals surface area contributed by atoms with E-state index in [2.05, 4.69) is 10.2 Å². The van der Waals surface area contributed by atoms with E-state index in [1.165, 1.54) is 0 Å². The molecule has 0 aliphatic carbocycles. The Kier molecular flexibility index (Phi) is 4.78. The van der Waals surface area contributed by atoms with Crippen molar-refractivity contribution in [2.45, 2.75) is 19.8 Å². The Morgan fingerprint density at radius 2 is 2.00 bits per heavy atom. The van der Waals surface area contributed by atoms with E-state index < -0.39 is 0 Å². The molecule has 0 radical (unpaired) electrons. The van der Waals surface area contributed by atoms with E-state index in [9.17, 15) is 0 Å². The third-order valence-electron chi connectivity index (χ3n) is 1.48. The summed E-state index contributed by atoms with van der Waals surface area (Å²) in [5, 5.41) is 7.68. The molecule has 0 aromatic carbocycles. The highest BCUT2D eigenvalue weighted by atomic mass is 35.5. The van der Waals surface area contributed by atoms with Gasteiger partial charge in [-0.15, -0.1) is 21.8 Å². The average Bonchev–Trinajstić information content (AvgIpc) is 2.54. The topological polar surface area (TPSA) is 48.2 Å². The maximum Gasteiger partial charge on any atom is 0.218 e. The quantitative estimate of drug-likeness (QED) is 0.520. The van der Waals surface area contributed by atoms with Crippen LogP contribution >= 0.6 is 11.6 Å². The second-order valence-corrected chi connectivity index (χ2v) is 2.85. The number of hydrogen-bond donors (Lipinski definition) is 0. The van der Waals surface area contributed by atoms with Crippen molar-refractivity contribution in [2.24, 2.45) is 0 Å². The fourth-order valence-electron chi connectivity index (χ4n) is 0.875. The largest absolute Gasteiger partial charge is 0.425 e. The summed E-state index contributed by atoms with van der Waals surface area (Å²) >= 11 is 5.52. The van der Waals surface area contributed by atoms with Crippen molar-refractivity contribution in [3.8, 4) is 0 Å². The monoisotopic (exact) mass is 204 g/mol. The number of hydrogen-bond acceptors (Lipinski definition) is 4. The van der Waals surface area contributed by atoms with Crippen molar-refractivity contribution in [1.29, 1.82) is 0 Å². The molecule has 0 spiro atoms. The molecule has 0 fully saturated rings. The van der Waals surface area contributed by atoms with Gasteiger partial charge in [0.15, 0.2) is 0 Å². The Morgan fingerprint density at radius 1 is 1.31 bits per heavy atom. The minimum absolute atomic E-state index is 0.507. The summed E-state index contributed by atoms with van der Waals surface area (Å²) in [5.41, 5.74) is 0. The van der Waals surface area contributed by atoms with Crippen molar-refractivity contribution >= 4 is 11.6 Å². The number of aryl methyl sites for hydroxylation is 1. The molecule has 1 aromatic heterocycles. The smallest absolute Gasteiger partial charge is 0.218 e. The van der Waals surface area contributed by atoms with Crippen molar-refractivity contribution in [3.05, 3.63) is 11.8 Å². The van der Waals surface area contributed by atoms with Crippen LogP contribution in [0.2, 0.25) is 0 Å². The first-order valence-corrected chi connectivity index (χ1v) is 4.85. The lowest BCUT2D eigenvalue weighted by Gasteiger charge is -1.95. The summed E-state index contributed by atoms with van der Waals surface area (Å²) in [4.78, 5) is 0. The number of rotatable bonds is 6. The third kappa shape index (κ3) is 3.74. The molecule has 0 saturated heterocycles. The highest BCUT2D eigenvalue weighted by Crippen LogP contribution is 2.02. The zero-order chi connectivity index (χ0) is 9.52. The highest BCUT2D eigenvalue weighted by molar-refractivity contribution is 6.17. The van der Waals surface area contributed by atoms with Crippen LogP contribution < -0.4 is 0 Å². The first-order chi connectivity index (χ1) is 6.36. The van der Waals surface area contributed by atoms with E-state index in [0.717, 1.165) is 0 Å². The summed E-state index contributed by atoms with van der Waals surface area (Å²) in [5.74, 6) is 1.72. The van der Waals surface area contributed by atoms with Crippen molar-refractivity contribution in [2.75, 3.05) is 19.1 Å². The molecule has 0 bridgehead atoms. The summed E-state index contributed by atoms with van der Waals surface area (Å²) in [6.45, 7) is 3.29. The van der Waals surface area contributed by atoms with Crippen LogP contribution in [0.3, 0.4) is 0 Å². The molecule has 0 N–H and O–H groups in total. The fourth-order valence-corrected chi connectivity index (χ4v) is 1.04.